The van der Waals surface area contributed by atoms with Gasteiger partial charge in [-0.3, -0.25) is 0 Å². The summed E-state index contributed by atoms with van der Waals surface area (Å²) in [4.78, 5) is 0. The van der Waals surface area contributed by atoms with Crippen molar-refractivity contribution in [2.24, 2.45) is 0 Å². The van der Waals surface area contributed by atoms with Crippen molar-refractivity contribution in [3.05, 3.63) is 10.8 Å². The van der Waals surface area contributed by atoms with Gasteiger partial charge in [-0.1, -0.05) is 5.21 Å². The lowest BCUT2D eigenvalue weighted by atomic mass is 10.1. The fraction of sp³-hybridized carbons (Fsp3) is 0.667. The van der Waals surface area contributed by atoms with Gasteiger partial charge in [0.05, 0.1) is 13.1 Å². The van der Waals surface area contributed by atoms with Gasteiger partial charge in [0.1, 0.15) is 4.60 Å². The van der Waals surface area contributed by atoms with E-state index in [1.807, 2.05) is 0 Å². The lowest BCUT2D eigenvalue weighted by Gasteiger charge is -2.17. The lowest BCUT2D eigenvalue weighted by Crippen LogP contribution is -2.22. The molecule has 0 bridgehead atoms. The van der Waals surface area contributed by atoms with E-state index >= 15 is 0 Å². The summed E-state index contributed by atoms with van der Waals surface area (Å²) in [6.07, 6.45) is -0.742. The van der Waals surface area contributed by atoms with Gasteiger partial charge in [-0.25, -0.2) is 4.68 Å². The number of aromatic nitrogens is 3. The summed E-state index contributed by atoms with van der Waals surface area (Å²) in [6.45, 7) is -10.4. The van der Waals surface area contributed by atoms with E-state index < -0.39 is 32.3 Å². The van der Waals surface area contributed by atoms with Crippen LogP contribution in [0.4, 0.5) is 0 Å². The van der Waals surface area contributed by atoms with Gasteiger partial charge in [0.15, 0.2) is 0 Å². The van der Waals surface area contributed by atoms with Crippen molar-refractivity contribution in [1.82, 2.24) is 15.0 Å². The quantitative estimate of drug-likeness (QED) is 0.659. The van der Waals surface area contributed by atoms with Crippen molar-refractivity contribution >= 4 is 15.9 Å². The van der Waals surface area contributed by atoms with E-state index in [1.165, 1.54) is 0 Å². The van der Waals surface area contributed by atoms with E-state index in [0.29, 0.717) is 0 Å². The first-order chi connectivity index (χ1) is 8.68. The highest BCUT2D eigenvalue weighted by Gasteiger charge is 2.13. The van der Waals surface area contributed by atoms with Crippen molar-refractivity contribution in [1.29, 1.82) is 0 Å². The van der Waals surface area contributed by atoms with Crippen LogP contribution in [0.2, 0.25) is 0 Å². The van der Waals surface area contributed by atoms with Gasteiger partial charge < -0.3 is 0 Å². The van der Waals surface area contributed by atoms with E-state index in [4.69, 9.17) is 13.7 Å². The number of rotatable bonds is 0. The predicted octanol–water partition coefficient (Wildman–Crippen LogP) is 1.80. The summed E-state index contributed by atoms with van der Waals surface area (Å²) < 4.78 is 74.3. The number of nitrogens with zero attached hydrogens (tertiary/aromatic N) is 3. The minimum Gasteiger partial charge on any atom is -0.246 e. The summed E-state index contributed by atoms with van der Waals surface area (Å²) in [5.74, 6) is 0. The van der Waals surface area contributed by atoms with Gasteiger partial charge in [0, 0.05) is 12.3 Å². The van der Waals surface area contributed by atoms with Gasteiger partial charge in [0.2, 0.25) is 0 Å². The topological polar surface area (TPSA) is 30.7 Å². The smallest absolute Gasteiger partial charge is 0.148 e. The van der Waals surface area contributed by atoms with Gasteiger partial charge in [0.25, 0.3) is 0 Å². The first kappa shape index (κ1) is 1.86. The van der Waals surface area contributed by atoms with Gasteiger partial charge in [-0.15, -0.1) is 5.10 Å². The predicted molar refractivity (Wildman–Crippen MR) is 42.7 cm³/mol. The molecule has 1 aromatic rings. The van der Waals surface area contributed by atoms with Gasteiger partial charge in [-0.2, -0.15) is 0 Å². The van der Waals surface area contributed by atoms with Crippen molar-refractivity contribution < 1.29 is 13.7 Å². The molecular formula is C6H10BrN3. The molecule has 0 radical (unpaired) electrons. The molecule has 0 unspecified atom stereocenters. The van der Waals surface area contributed by atoms with E-state index in [9.17, 15) is 0 Å². The van der Waals surface area contributed by atoms with Crippen LogP contribution in [0.1, 0.15) is 34.3 Å². The Hall–Kier alpha value is -0.380. The Morgan fingerprint density at radius 1 is 1.80 bits per heavy atom. The van der Waals surface area contributed by atoms with Crippen molar-refractivity contribution in [2.45, 2.75) is 26.1 Å². The zero-order valence-electron chi connectivity index (χ0n) is 14.7. The number of hydrogen-bond donors (Lipinski definition) is 0. The molecular weight excluding hydrogens is 194 g/mol. The SMILES string of the molecule is [2H]c1c(Br)nnn1C(C([2H])([2H])[2H])(C([2H])([2H])[2H])C([2H])([2H])[2H]. The third-order valence-electron chi connectivity index (χ3n) is 0.738. The second kappa shape index (κ2) is 2.34. The normalized spacial score (nSPS) is 30.5. The zero-order chi connectivity index (χ0) is 16.1. The minimum absolute atomic E-state index is 0.129. The molecule has 0 aromatic carbocycles. The standard InChI is InChI=1S/C6H10BrN3/c1-6(2,3)10-4-5(7)8-9-10/h4H,1-3H3/i1D3,2D3,3D3,4D. The molecule has 1 aromatic heterocycles. The first-order valence-electron chi connectivity index (χ1n) is 7.26. The summed E-state index contributed by atoms with van der Waals surface area (Å²) >= 11 is 2.78. The molecule has 0 saturated carbocycles. The Morgan fingerprint density at radius 2 is 2.50 bits per heavy atom. The second-order valence-electron chi connectivity index (χ2n) is 1.61. The Bertz CT molecular complexity index is 461. The minimum atomic E-state index is -3.47. The Balaban J connectivity index is 3.88. The molecule has 0 N–H and O–H groups in total. The van der Waals surface area contributed by atoms with E-state index in [2.05, 4.69) is 26.2 Å². The van der Waals surface area contributed by atoms with Gasteiger partial charge in [-0.05, 0) is 36.5 Å². The lowest BCUT2D eigenvalue weighted by molar-refractivity contribution is 0.347. The Kier molecular flexibility index (Phi) is 0.435. The highest BCUT2D eigenvalue weighted by molar-refractivity contribution is 9.10. The highest BCUT2D eigenvalue weighted by atomic mass is 79.9. The molecule has 0 fully saturated rings. The molecule has 0 aliphatic carbocycles. The average Bonchev–Trinajstić information content (AvgIpc) is 2.43. The molecule has 3 nitrogen and oxygen atoms in total. The van der Waals surface area contributed by atoms with E-state index in [-0.39, 0.29) is 9.28 Å². The molecule has 56 valence electrons. The molecule has 0 amide bonds. The Labute approximate surface area is 82.6 Å². The van der Waals surface area contributed by atoms with Crippen LogP contribution in [0.5, 0.6) is 0 Å². The third-order valence-corrected chi connectivity index (χ3v) is 1.07. The van der Waals surface area contributed by atoms with Crippen LogP contribution in [-0.4, -0.2) is 15.0 Å². The molecule has 0 saturated heterocycles. The molecule has 1 heterocycles. The second-order valence-corrected chi connectivity index (χ2v) is 2.37. The molecule has 0 aliphatic rings. The highest BCUT2D eigenvalue weighted by Crippen LogP contribution is 2.13. The largest absolute Gasteiger partial charge is 0.246 e. The molecule has 0 aliphatic heterocycles. The maximum absolute atomic E-state index is 7.61. The van der Waals surface area contributed by atoms with E-state index in [0.717, 1.165) is 0 Å². The van der Waals surface area contributed by atoms with Crippen molar-refractivity contribution in [2.75, 3.05) is 0 Å². The maximum atomic E-state index is 7.61. The molecule has 0 atom stereocenters. The molecule has 4 heteroatoms. The molecule has 10 heavy (non-hydrogen) atoms. The first-order valence-corrected chi connectivity index (χ1v) is 3.05. The maximum Gasteiger partial charge on any atom is 0.148 e. The zero-order valence-corrected chi connectivity index (χ0v) is 6.31. The van der Waals surface area contributed by atoms with Crippen LogP contribution in [0.3, 0.4) is 0 Å². The van der Waals surface area contributed by atoms with Crippen LogP contribution >= 0.6 is 15.9 Å². The summed E-state index contributed by atoms with van der Waals surface area (Å²) in [6, 6.07) is 0. The van der Waals surface area contributed by atoms with Gasteiger partial charge >= 0.3 is 0 Å². The Morgan fingerprint density at radius 3 is 2.90 bits per heavy atom. The summed E-state index contributed by atoms with van der Waals surface area (Å²) in [5.41, 5.74) is -3.36. The van der Waals surface area contributed by atoms with Crippen molar-refractivity contribution in [3.63, 3.8) is 0 Å². The summed E-state index contributed by atoms with van der Waals surface area (Å²) in [5, 5.41) is 6.55. The molecule has 0 spiro atoms. The van der Waals surface area contributed by atoms with Crippen LogP contribution in [-0.2, 0) is 5.54 Å². The van der Waals surface area contributed by atoms with Crippen LogP contribution in [0.15, 0.2) is 10.8 Å². The van der Waals surface area contributed by atoms with Crippen LogP contribution in [0.25, 0.3) is 0 Å². The third kappa shape index (κ3) is 1.56. The number of halogens is 1. The van der Waals surface area contributed by atoms with E-state index in [1.54, 1.807) is 0 Å². The molecule has 1 rings (SSSR count). The number of hydrogen-bond acceptors (Lipinski definition) is 2. The monoisotopic (exact) mass is 213 g/mol. The fourth-order valence-corrected chi connectivity index (χ4v) is 0.606. The fourth-order valence-electron chi connectivity index (χ4n) is 0.367. The van der Waals surface area contributed by atoms with Crippen LogP contribution < -0.4 is 0 Å². The van der Waals surface area contributed by atoms with Crippen LogP contribution in [0, 0.1) is 0 Å². The van der Waals surface area contributed by atoms with Crippen molar-refractivity contribution in [3.8, 4) is 0 Å². The summed E-state index contributed by atoms with van der Waals surface area (Å²) in [7, 11) is 0. The average molecular weight is 214 g/mol.